The number of nitrogens with zero attached hydrogens (tertiary/aromatic N) is 4. The maximum absolute atomic E-state index is 5.49. The van der Waals surface area contributed by atoms with Gasteiger partial charge in [0.1, 0.15) is 5.75 Å². The van der Waals surface area contributed by atoms with E-state index in [1.54, 1.807) is 18.9 Å². The number of thioether (sulfide) groups is 1. The molecule has 0 bridgehead atoms. The van der Waals surface area contributed by atoms with Crippen molar-refractivity contribution >= 4 is 11.8 Å². The van der Waals surface area contributed by atoms with Gasteiger partial charge in [-0.25, -0.2) is 9.97 Å². The molecule has 0 aliphatic carbocycles. The fourth-order valence-electron chi connectivity index (χ4n) is 4.04. The Morgan fingerprint density at radius 3 is 2.79 bits per heavy atom. The molecule has 1 fully saturated rings. The van der Waals surface area contributed by atoms with Crippen LogP contribution in [0.1, 0.15) is 24.0 Å². The number of benzene rings is 1. The average molecular weight is 401 g/mol. The van der Waals surface area contributed by atoms with Gasteiger partial charge in [-0.15, -0.1) is 0 Å². The molecule has 2 aromatic rings. The Hall–Kier alpha value is -1.63. The highest BCUT2D eigenvalue weighted by atomic mass is 32.2. The summed E-state index contributed by atoms with van der Waals surface area (Å²) in [6.07, 6.45) is 9.56. The third kappa shape index (κ3) is 6.19. The van der Waals surface area contributed by atoms with Gasteiger partial charge in [-0.05, 0) is 56.7 Å². The van der Waals surface area contributed by atoms with Crippen LogP contribution in [-0.2, 0) is 13.0 Å². The van der Waals surface area contributed by atoms with Crippen molar-refractivity contribution in [2.45, 2.75) is 31.0 Å². The first kappa shape index (κ1) is 21.1. The van der Waals surface area contributed by atoms with E-state index in [1.807, 2.05) is 24.7 Å². The van der Waals surface area contributed by atoms with Crippen molar-refractivity contribution in [3.05, 3.63) is 47.8 Å². The first-order valence-corrected chi connectivity index (χ1v) is 11.3. The van der Waals surface area contributed by atoms with Gasteiger partial charge in [0.15, 0.2) is 5.16 Å². The van der Waals surface area contributed by atoms with Crippen LogP contribution in [-0.4, -0.2) is 66.4 Å². The zero-order valence-corrected chi connectivity index (χ0v) is 18.1. The summed E-state index contributed by atoms with van der Waals surface area (Å²) in [5.41, 5.74) is 2.49. The molecule has 0 radical (unpaired) electrons. The summed E-state index contributed by atoms with van der Waals surface area (Å²) in [5.74, 6) is 1.73. The van der Waals surface area contributed by atoms with Gasteiger partial charge < -0.3 is 14.5 Å². The number of hydrogen-bond donors (Lipinski definition) is 0. The number of likely N-dealkylation sites (tertiary alicyclic amines) is 1. The van der Waals surface area contributed by atoms with E-state index in [4.69, 9.17) is 4.74 Å². The molecule has 1 atom stereocenters. The van der Waals surface area contributed by atoms with Crippen LogP contribution in [0.15, 0.2) is 41.8 Å². The molecule has 0 saturated carbocycles. The first-order valence-electron chi connectivity index (χ1n) is 10.1. The molecule has 1 aromatic heterocycles. The van der Waals surface area contributed by atoms with Crippen LogP contribution < -0.4 is 4.74 Å². The largest absolute Gasteiger partial charge is 0.496 e. The second kappa shape index (κ2) is 10.8. The molecule has 5 nitrogen and oxygen atoms in total. The van der Waals surface area contributed by atoms with Gasteiger partial charge in [-0.3, -0.25) is 0 Å². The lowest BCUT2D eigenvalue weighted by Crippen LogP contribution is -2.40. The van der Waals surface area contributed by atoms with Crippen molar-refractivity contribution in [1.82, 2.24) is 19.8 Å². The molecule has 0 N–H and O–H groups in total. The molecular weight excluding hydrogens is 368 g/mol. The molecule has 1 aromatic carbocycles. The number of rotatable bonds is 9. The Morgan fingerprint density at radius 1 is 1.25 bits per heavy atom. The highest BCUT2D eigenvalue weighted by molar-refractivity contribution is 7.98. The molecule has 1 aliphatic heterocycles. The summed E-state index contributed by atoms with van der Waals surface area (Å²) in [5, 5.41) is 0.837. The van der Waals surface area contributed by atoms with Crippen molar-refractivity contribution in [2.75, 3.05) is 46.6 Å². The van der Waals surface area contributed by atoms with E-state index >= 15 is 0 Å². The van der Waals surface area contributed by atoms with Crippen LogP contribution in [0.4, 0.5) is 0 Å². The number of ether oxygens (including phenoxy) is 1. The molecule has 6 heteroatoms. The second-order valence-corrected chi connectivity index (χ2v) is 8.42. The van der Waals surface area contributed by atoms with Gasteiger partial charge in [0.25, 0.3) is 0 Å². The second-order valence-electron chi connectivity index (χ2n) is 7.65. The minimum absolute atomic E-state index is 0.725. The number of piperidine rings is 1. The molecule has 1 saturated heterocycles. The highest BCUT2D eigenvalue weighted by Gasteiger charge is 2.21. The van der Waals surface area contributed by atoms with Crippen LogP contribution in [0.25, 0.3) is 0 Å². The number of para-hydroxylation sites is 1. The van der Waals surface area contributed by atoms with E-state index in [9.17, 15) is 0 Å². The Bertz CT molecular complexity index is 725. The molecule has 152 valence electrons. The molecule has 3 rings (SSSR count). The predicted octanol–water partition coefficient (Wildman–Crippen LogP) is 3.59. The van der Waals surface area contributed by atoms with E-state index in [0.717, 1.165) is 42.9 Å². The summed E-state index contributed by atoms with van der Waals surface area (Å²) in [7, 11) is 3.96. The zero-order valence-electron chi connectivity index (χ0n) is 17.3. The molecule has 0 unspecified atom stereocenters. The number of methoxy groups -OCH3 is 1. The van der Waals surface area contributed by atoms with Crippen molar-refractivity contribution in [1.29, 1.82) is 0 Å². The van der Waals surface area contributed by atoms with Crippen molar-refractivity contribution in [3.63, 3.8) is 0 Å². The van der Waals surface area contributed by atoms with Gasteiger partial charge >= 0.3 is 0 Å². The Labute approximate surface area is 173 Å². The Morgan fingerprint density at radius 2 is 2.04 bits per heavy atom. The lowest BCUT2D eigenvalue weighted by Gasteiger charge is -2.34. The lowest BCUT2D eigenvalue weighted by molar-refractivity contribution is 0.142. The third-order valence-electron chi connectivity index (χ3n) is 5.38. The predicted molar refractivity (Wildman–Crippen MR) is 116 cm³/mol. The highest BCUT2D eigenvalue weighted by Crippen LogP contribution is 2.21. The molecular formula is C22H32N4OS. The van der Waals surface area contributed by atoms with Gasteiger partial charge in [0.05, 0.1) is 7.11 Å². The standard InChI is InChI=1S/C22H32N4OS/c1-25(16-19-13-23-22(28-3)24-14-19)15-18-7-6-11-26(17-18)12-10-20-8-4-5-9-21(20)27-2/h4-5,8-9,13-14,18H,6-7,10-12,15-17H2,1-3H3/t18-/m0/s1. The first-order chi connectivity index (χ1) is 13.7. The average Bonchev–Trinajstić information content (AvgIpc) is 2.73. The van der Waals surface area contributed by atoms with E-state index in [1.165, 1.54) is 37.1 Å². The fraction of sp³-hybridized carbons (Fsp3) is 0.545. The normalized spacial score (nSPS) is 17.8. The van der Waals surface area contributed by atoms with Crippen LogP contribution in [0.2, 0.25) is 0 Å². The van der Waals surface area contributed by atoms with Gasteiger partial charge in [0, 0.05) is 44.1 Å². The van der Waals surface area contributed by atoms with E-state index in [2.05, 4.69) is 45.0 Å². The van der Waals surface area contributed by atoms with Gasteiger partial charge in [-0.1, -0.05) is 30.0 Å². The summed E-state index contributed by atoms with van der Waals surface area (Å²) in [6.45, 7) is 5.52. The Balaban J connectivity index is 1.46. The molecule has 0 amide bonds. The molecule has 1 aliphatic rings. The summed E-state index contributed by atoms with van der Waals surface area (Å²) in [6, 6.07) is 8.37. The fourth-order valence-corrected chi connectivity index (χ4v) is 4.35. The van der Waals surface area contributed by atoms with Gasteiger partial charge in [-0.2, -0.15) is 0 Å². The van der Waals surface area contributed by atoms with Crippen LogP contribution in [0.5, 0.6) is 5.75 Å². The monoisotopic (exact) mass is 400 g/mol. The quantitative estimate of drug-likeness (QED) is 0.473. The SMILES string of the molecule is COc1ccccc1CCN1CCC[C@@H](CN(C)Cc2cnc(SC)nc2)C1. The summed E-state index contributed by atoms with van der Waals surface area (Å²) >= 11 is 1.58. The molecule has 0 spiro atoms. The minimum atomic E-state index is 0.725. The number of aromatic nitrogens is 2. The summed E-state index contributed by atoms with van der Waals surface area (Å²) in [4.78, 5) is 13.8. The molecule has 28 heavy (non-hydrogen) atoms. The van der Waals surface area contributed by atoms with E-state index < -0.39 is 0 Å². The van der Waals surface area contributed by atoms with E-state index in [0.29, 0.717) is 0 Å². The van der Waals surface area contributed by atoms with Crippen LogP contribution >= 0.6 is 11.8 Å². The minimum Gasteiger partial charge on any atom is -0.496 e. The van der Waals surface area contributed by atoms with Crippen molar-refractivity contribution in [3.8, 4) is 5.75 Å². The lowest BCUT2D eigenvalue weighted by atomic mass is 9.97. The van der Waals surface area contributed by atoms with Gasteiger partial charge in [0.2, 0.25) is 0 Å². The Kier molecular flexibility index (Phi) is 8.13. The van der Waals surface area contributed by atoms with Crippen molar-refractivity contribution in [2.24, 2.45) is 5.92 Å². The smallest absolute Gasteiger partial charge is 0.187 e. The summed E-state index contributed by atoms with van der Waals surface area (Å²) < 4.78 is 5.49. The molecule has 2 heterocycles. The van der Waals surface area contributed by atoms with Crippen LogP contribution in [0, 0.1) is 5.92 Å². The topological polar surface area (TPSA) is 41.5 Å². The van der Waals surface area contributed by atoms with Crippen molar-refractivity contribution < 1.29 is 4.74 Å². The zero-order chi connectivity index (χ0) is 19.8. The maximum atomic E-state index is 5.49. The number of hydrogen-bond acceptors (Lipinski definition) is 6. The maximum Gasteiger partial charge on any atom is 0.187 e. The van der Waals surface area contributed by atoms with Crippen LogP contribution in [0.3, 0.4) is 0 Å². The van der Waals surface area contributed by atoms with E-state index in [-0.39, 0.29) is 0 Å². The third-order valence-corrected chi connectivity index (χ3v) is 5.96.